The van der Waals surface area contributed by atoms with Gasteiger partial charge in [0.05, 0.1) is 16.6 Å². The van der Waals surface area contributed by atoms with Crippen LogP contribution in [0.2, 0.25) is 5.15 Å². The second kappa shape index (κ2) is 14.2. The number of guanidine groups is 1. The quantitative estimate of drug-likeness (QED) is 0.0596. The Balaban J connectivity index is 1.52. The molecule has 2 heterocycles. The van der Waals surface area contributed by atoms with Crippen LogP contribution in [0.3, 0.4) is 0 Å². The van der Waals surface area contributed by atoms with Crippen LogP contribution in [0.15, 0.2) is 75.9 Å². The molecule has 2 atom stereocenters. The van der Waals surface area contributed by atoms with E-state index in [1.807, 2.05) is 37.3 Å². The number of carboxylic acid groups (broad SMARTS) is 1. The Morgan fingerprint density at radius 1 is 1.14 bits per heavy atom. The summed E-state index contributed by atoms with van der Waals surface area (Å²) in [4.78, 5) is 28.4. The zero-order valence-corrected chi connectivity index (χ0v) is 25.8. The van der Waals surface area contributed by atoms with Crippen molar-refractivity contribution in [3.05, 3.63) is 92.9 Å². The molecule has 0 spiro atoms. The molecule has 2 aromatic heterocycles. The average Bonchev–Trinajstić information content (AvgIpc) is 3.58. The summed E-state index contributed by atoms with van der Waals surface area (Å²) in [5, 5.41) is 24.1. The molecule has 1 amide bonds. The number of carbonyl (C=O) groups is 2. The van der Waals surface area contributed by atoms with Crippen molar-refractivity contribution in [2.75, 3.05) is 16.6 Å². The number of anilines is 2. The molecule has 0 aliphatic rings. The number of carboxylic acids is 1. The third-order valence-electron chi connectivity index (χ3n) is 6.49. The molecular weight excluding hydrogens is 628 g/mol. The standard InChI is InChI=1S/C28H31ClN8O5S2/c1-16-22(25(29)36-35-16)23(17-7-3-2-4-8-17)33-18-9-5-10-19(15-18)44(41,42)37-20-12-14-43-24(20)26(38)34-21(27(39)40)11-6-13-32-28(30)31/h2-5,7-10,12,14-15,21,23,33,37H,6,11,13H2,1H3,(H,34,38)(H,35,36)(H,39,40)(H4,30,31,32)/t21-,23?/m0/s1. The molecule has 4 rings (SSSR count). The van der Waals surface area contributed by atoms with Crippen molar-refractivity contribution in [3.63, 3.8) is 0 Å². The van der Waals surface area contributed by atoms with E-state index < -0.39 is 34.0 Å². The van der Waals surface area contributed by atoms with Crippen LogP contribution < -0.4 is 26.8 Å². The molecule has 232 valence electrons. The summed E-state index contributed by atoms with van der Waals surface area (Å²) in [6, 6.07) is 15.5. The first-order valence-electron chi connectivity index (χ1n) is 13.3. The number of hydrogen-bond donors (Lipinski definition) is 7. The van der Waals surface area contributed by atoms with E-state index in [1.54, 1.807) is 12.1 Å². The number of aryl methyl sites for hydroxylation is 1. The number of aromatic amines is 1. The molecule has 13 nitrogen and oxygen atoms in total. The Labute approximate surface area is 262 Å². The zero-order chi connectivity index (χ0) is 31.9. The topological polar surface area (TPSA) is 218 Å². The van der Waals surface area contributed by atoms with E-state index in [0.717, 1.165) is 22.6 Å². The molecule has 9 N–H and O–H groups in total. The van der Waals surface area contributed by atoms with Gasteiger partial charge in [-0.15, -0.1) is 11.3 Å². The fourth-order valence-corrected chi connectivity index (χ4v) is 6.61. The van der Waals surface area contributed by atoms with Gasteiger partial charge in [0.2, 0.25) is 0 Å². The lowest BCUT2D eigenvalue weighted by Crippen LogP contribution is -2.40. The second-order valence-electron chi connectivity index (χ2n) is 9.65. The molecule has 44 heavy (non-hydrogen) atoms. The van der Waals surface area contributed by atoms with Crippen LogP contribution in [0.5, 0.6) is 0 Å². The van der Waals surface area contributed by atoms with E-state index in [9.17, 15) is 23.1 Å². The smallest absolute Gasteiger partial charge is 0.326 e. The van der Waals surface area contributed by atoms with Crippen molar-refractivity contribution >= 4 is 62.2 Å². The molecule has 0 radical (unpaired) electrons. The van der Waals surface area contributed by atoms with E-state index in [4.69, 9.17) is 23.1 Å². The van der Waals surface area contributed by atoms with E-state index in [-0.39, 0.29) is 39.5 Å². The van der Waals surface area contributed by atoms with Gasteiger partial charge >= 0.3 is 5.97 Å². The normalized spacial score (nSPS) is 12.6. The van der Waals surface area contributed by atoms with Crippen LogP contribution in [-0.4, -0.2) is 54.1 Å². The fourth-order valence-electron chi connectivity index (χ4n) is 4.38. The van der Waals surface area contributed by atoms with Crippen LogP contribution in [-0.2, 0) is 14.8 Å². The number of aliphatic imine (C=N–C) groups is 1. The molecule has 4 aromatic rings. The van der Waals surface area contributed by atoms with Gasteiger partial charge in [-0.05, 0) is 55.0 Å². The highest BCUT2D eigenvalue weighted by molar-refractivity contribution is 7.92. The van der Waals surface area contributed by atoms with Gasteiger partial charge in [0.25, 0.3) is 15.9 Å². The van der Waals surface area contributed by atoms with Crippen molar-refractivity contribution in [1.29, 1.82) is 0 Å². The van der Waals surface area contributed by atoms with Crippen LogP contribution in [0.4, 0.5) is 11.4 Å². The molecule has 0 fully saturated rings. The lowest BCUT2D eigenvalue weighted by atomic mass is 9.99. The number of nitrogens with one attached hydrogen (secondary N) is 4. The summed E-state index contributed by atoms with van der Waals surface area (Å²) in [5.74, 6) is -2.10. The minimum Gasteiger partial charge on any atom is -0.480 e. The van der Waals surface area contributed by atoms with Gasteiger partial charge in [-0.1, -0.05) is 48.0 Å². The maximum Gasteiger partial charge on any atom is 0.326 e. The number of amides is 1. The van der Waals surface area contributed by atoms with Crippen molar-refractivity contribution in [2.45, 2.75) is 36.7 Å². The summed E-state index contributed by atoms with van der Waals surface area (Å²) in [7, 11) is -4.17. The molecule has 1 unspecified atom stereocenters. The van der Waals surface area contributed by atoms with E-state index in [0.29, 0.717) is 17.7 Å². The first-order chi connectivity index (χ1) is 21.0. The predicted octanol–water partition coefficient (Wildman–Crippen LogP) is 3.67. The molecule has 0 saturated carbocycles. The summed E-state index contributed by atoms with van der Waals surface area (Å²) >= 11 is 7.37. The van der Waals surface area contributed by atoms with Gasteiger partial charge in [0, 0.05) is 23.5 Å². The van der Waals surface area contributed by atoms with Gasteiger partial charge in [0.1, 0.15) is 10.9 Å². The Morgan fingerprint density at radius 2 is 1.89 bits per heavy atom. The second-order valence-corrected chi connectivity index (χ2v) is 12.6. The Kier molecular flexibility index (Phi) is 10.5. The Morgan fingerprint density at radius 3 is 2.55 bits per heavy atom. The number of sulfonamides is 1. The summed E-state index contributed by atoms with van der Waals surface area (Å²) in [5.41, 5.74) is 13.4. The largest absolute Gasteiger partial charge is 0.480 e. The monoisotopic (exact) mass is 658 g/mol. The van der Waals surface area contributed by atoms with Gasteiger partial charge in [-0.25, -0.2) is 13.2 Å². The number of carbonyl (C=O) groups excluding carboxylic acids is 1. The first kappa shape index (κ1) is 32.3. The lowest BCUT2D eigenvalue weighted by Gasteiger charge is -2.21. The lowest BCUT2D eigenvalue weighted by molar-refractivity contribution is -0.139. The van der Waals surface area contributed by atoms with Crippen molar-refractivity contribution in [2.24, 2.45) is 16.5 Å². The van der Waals surface area contributed by atoms with Gasteiger partial charge in [0.15, 0.2) is 11.1 Å². The first-order valence-corrected chi connectivity index (χ1v) is 16.0. The Bertz CT molecular complexity index is 1730. The molecule has 0 aliphatic carbocycles. The van der Waals surface area contributed by atoms with Crippen molar-refractivity contribution in [1.82, 2.24) is 15.5 Å². The highest BCUT2D eigenvalue weighted by Crippen LogP contribution is 2.33. The number of aliphatic carboxylic acids is 1. The average molecular weight is 659 g/mol. The van der Waals surface area contributed by atoms with Gasteiger partial charge < -0.3 is 27.2 Å². The minimum atomic E-state index is -4.17. The predicted molar refractivity (Wildman–Crippen MR) is 171 cm³/mol. The summed E-state index contributed by atoms with van der Waals surface area (Å²) in [6.45, 7) is 2.04. The van der Waals surface area contributed by atoms with Gasteiger partial charge in [-0.2, -0.15) is 5.10 Å². The number of H-pyrrole nitrogens is 1. The molecule has 0 bridgehead atoms. The highest BCUT2D eigenvalue weighted by Gasteiger charge is 2.26. The SMILES string of the molecule is Cc1[nH]nc(Cl)c1C(Nc1cccc(S(=O)(=O)Nc2ccsc2C(=O)N[C@@H](CCCN=C(N)N)C(=O)O)c1)c1ccccc1. The van der Waals surface area contributed by atoms with E-state index in [2.05, 4.69) is 30.5 Å². The summed E-state index contributed by atoms with van der Waals surface area (Å²) in [6.07, 6.45) is 0.374. The number of nitrogens with zero attached hydrogens (tertiary/aromatic N) is 2. The number of benzene rings is 2. The van der Waals surface area contributed by atoms with Gasteiger partial charge in [-0.3, -0.25) is 19.6 Å². The maximum absolute atomic E-state index is 13.5. The highest BCUT2D eigenvalue weighted by atomic mass is 35.5. The van der Waals surface area contributed by atoms with E-state index in [1.165, 1.54) is 23.6 Å². The molecule has 0 aliphatic heterocycles. The fraction of sp³-hybridized carbons (Fsp3) is 0.214. The number of thiophene rings is 1. The third-order valence-corrected chi connectivity index (χ3v) is 9.05. The van der Waals surface area contributed by atoms with Crippen LogP contribution in [0, 0.1) is 6.92 Å². The molecular formula is C28H31ClN8O5S2. The zero-order valence-electron chi connectivity index (χ0n) is 23.5. The number of aromatic nitrogens is 2. The maximum atomic E-state index is 13.5. The Hall–Kier alpha value is -4.60. The third kappa shape index (κ3) is 8.06. The number of hydrogen-bond acceptors (Lipinski definition) is 8. The molecule has 16 heteroatoms. The van der Waals surface area contributed by atoms with Crippen LogP contribution >= 0.6 is 22.9 Å². The number of nitrogens with two attached hydrogens (primary N) is 2. The van der Waals surface area contributed by atoms with Crippen molar-refractivity contribution < 1.29 is 23.1 Å². The summed E-state index contributed by atoms with van der Waals surface area (Å²) < 4.78 is 29.4. The molecule has 2 aromatic carbocycles. The van der Waals surface area contributed by atoms with Crippen LogP contribution in [0.1, 0.15) is 45.4 Å². The van der Waals surface area contributed by atoms with E-state index >= 15 is 0 Å². The minimum absolute atomic E-state index is 0.00699. The van der Waals surface area contributed by atoms with Crippen LogP contribution in [0.25, 0.3) is 0 Å². The molecule has 0 saturated heterocycles. The van der Waals surface area contributed by atoms with Crippen molar-refractivity contribution in [3.8, 4) is 0 Å². The number of rotatable bonds is 14. The number of halogens is 1.